The molecule has 3 heterocycles. The molecule has 1 saturated heterocycles. The van der Waals surface area contributed by atoms with Crippen molar-refractivity contribution in [2.75, 3.05) is 38.1 Å². The molecule has 1 aliphatic rings. The minimum absolute atomic E-state index is 0.316. The third-order valence-electron chi connectivity index (χ3n) is 4.06. The maximum Gasteiger partial charge on any atom is 0.342 e. The summed E-state index contributed by atoms with van der Waals surface area (Å²) < 4.78 is 10.7. The minimum atomic E-state index is -0.402. The summed E-state index contributed by atoms with van der Waals surface area (Å²) in [6.07, 6.45) is 3.98. The smallest absolute Gasteiger partial charge is 0.342 e. The SMILES string of the molecule is CCOC(=O)c1c(C)oc2ncnc(NCCN3CCCC3)c12. The summed E-state index contributed by atoms with van der Waals surface area (Å²) in [6.45, 7) is 7.86. The normalized spacial score (nSPS) is 15.2. The van der Waals surface area contributed by atoms with Gasteiger partial charge in [0.1, 0.15) is 23.5 Å². The number of hydrogen-bond acceptors (Lipinski definition) is 7. The van der Waals surface area contributed by atoms with E-state index in [1.807, 2.05) is 0 Å². The Morgan fingerprint density at radius 2 is 2.17 bits per heavy atom. The monoisotopic (exact) mass is 318 g/mol. The van der Waals surface area contributed by atoms with E-state index in [0.29, 0.717) is 34.8 Å². The highest BCUT2D eigenvalue weighted by atomic mass is 16.5. The molecule has 7 heteroatoms. The second-order valence-electron chi connectivity index (χ2n) is 5.63. The number of aromatic nitrogens is 2. The van der Waals surface area contributed by atoms with Gasteiger partial charge in [-0.1, -0.05) is 0 Å². The zero-order chi connectivity index (χ0) is 16.2. The number of fused-ring (bicyclic) bond motifs is 1. The van der Waals surface area contributed by atoms with E-state index in [1.165, 1.54) is 19.2 Å². The molecule has 0 atom stereocenters. The predicted octanol–water partition coefficient (Wildman–Crippen LogP) is 2.22. The van der Waals surface area contributed by atoms with Crippen LogP contribution in [0.15, 0.2) is 10.7 Å². The molecule has 2 aromatic heterocycles. The maximum atomic E-state index is 12.2. The van der Waals surface area contributed by atoms with Crippen molar-refractivity contribution >= 4 is 22.9 Å². The van der Waals surface area contributed by atoms with Crippen LogP contribution in [0.25, 0.3) is 11.1 Å². The second-order valence-corrected chi connectivity index (χ2v) is 5.63. The number of anilines is 1. The van der Waals surface area contributed by atoms with Crippen molar-refractivity contribution in [1.29, 1.82) is 0 Å². The van der Waals surface area contributed by atoms with E-state index in [4.69, 9.17) is 9.15 Å². The van der Waals surface area contributed by atoms with Crippen molar-refractivity contribution in [3.8, 4) is 0 Å². The lowest BCUT2D eigenvalue weighted by Crippen LogP contribution is -2.26. The number of carbonyl (C=O) groups is 1. The number of hydrogen-bond donors (Lipinski definition) is 1. The molecule has 0 aromatic carbocycles. The fourth-order valence-corrected chi connectivity index (χ4v) is 2.97. The number of likely N-dealkylation sites (tertiary alicyclic amines) is 1. The number of ether oxygens (including phenoxy) is 1. The molecule has 7 nitrogen and oxygen atoms in total. The van der Waals surface area contributed by atoms with Gasteiger partial charge in [-0.3, -0.25) is 0 Å². The van der Waals surface area contributed by atoms with E-state index < -0.39 is 5.97 Å². The van der Waals surface area contributed by atoms with E-state index in [-0.39, 0.29) is 0 Å². The number of carbonyl (C=O) groups excluding carboxylic acids is 1. The first kappa shape index (κ1) is 15.7. The number of furan rings is 1. The quantitative estimate of drug-likeness (QED) is 0.818. The summed E-state index contributed by atoms with van der Waals surface area (Å²) >= 11 is 0. The molecule has 0 bridgehead atoms. The molecule has 0 radical (unpaired) electrons. The Kier molecular flexibility index (Phi) is 4.76. The lowest BCUT2D eigenvalue weighted by atomic mass is 10.2. The van der Waals surface area contributed by atoms with Crippen molar-refractivity contribution in [3.63, 3.8) is 0 Å². The average molecular weight is 318 g/mol. The standard InChI is InChI=1S/C16H22N4O3/c1-3-22-16(21)12-11(2)23-15-13(12)14(18-10-19-15)17-6-9-20-7-4-5-8-20/h10H,3-9H2,1-2H3,(H,17,18,19). The molecule has 1 fully saturated rings. The van der Waals surface area contributed by atoms with Crippen LogP contribution in [0.5, 0.6) is 0 Å². The van der Waals surface area contributed by atoms with Crippen LogP contribution >= 0.6 is 0 Å². The van der Waals surface area contributed by atoms with Crippen molar-refractivity contribution in [1.82, 2.24) is 14.9 Å². The molecular formula is C16H22N4O3. The van der Waals surface area contributed by atoms with Gasteiger partial charge in [0.25, 0.3) is 0 Å². The van der Waals surface area contributed by atoms with E-state index in [1.54, 1.807) is 13.8 Å². The van der Waals surface area contributed by atoms with Gasteiger partial charge in [-0.15, -0.1) is 0 Å². The Labute approximate surface area is 135 Å². The topological polar surface area (TPSA) is 80.5 Å². The van der Waals surface area contributed by atoms with E-state index >= 15 is 0 Å². The lowest BCUT2D eigenvalue weighted by Gasteiger charge is -2.15. The number of rotatable bonds is 6. The van der Waals surface area contributed by atoms with Crippen LogP contribution < -0.4 is 5.32 Å². The summed E-state index contributed by atoms with van der Waals surface area (Å²) in [5.74, 6) is 0.719. The van der Waals surface area contributed by atoms with Crippen LogP contribution in [-0.2, 0) is 4.74 Å². The van der Waals surface area contributed by atoms with Gasteiger partial charge in [0.2, 0.25) is 5.71 Å². The third kappa shape index (κ3) is 3.29. The highest BCUT2D eigenvalue weighted by Gasteiger charge is 2.23. The van der Waals surface area contributed by atoms with Crippen molar-refractivity contribution in [2.24, 2.45) is 0 Å². The summed E-state index contributed by atoms with van der Waals surface area (Å²) in [4.78, 5) is 23.0. The fraction of sp³-hybridized carbons (Fsp3) is 0.562. The molecule has 0 amide bonds. The van der Waals surface area contributed by atoms with E-state index in [0.717, 1.165) is 26.2 Å². The van der Waals surface area contributed by atoms with Gasteiger partial charge in [-0.05, 0) is 39.8 Å². The minimum Gasteiger partial charge on any atom is -0.462 e. The molecule has 3 rings (SSSR count). The molecule has 0 saturated carbocycles. The third-order valence-corrected chi connectivity index (χ3v) is 4.06. The predicted molar refractivity (Wildman–Crippen MR) is 86.7 cm³/mol. The van der Waals surface area contributed by atoms with E-state index in [9.17, 15) is 4.79 Å². The first-order valence-electron chi connectivity index (χ1n) is 8.08. The van der Waals surface area contributed by atoms with Gasteiger partial charge in [0.15, 0.2) is 0 Å². The fourth-order valence-electron chi connectivity index (χ4n) is 2.97. The molecule has 0 aliphatic carbocycles. The number of esters is 1. The highest BCUT2D eigenvalue weighted by Crippen LogP contribution is 2.29. The Morgan fingerprint density at radius 3 is 2.91 bits per heavy atom. The van der Waals surface area contributed by atoms with Crippen molar-refractivity contribution in [3.05, 3.63) is 17.7 Å². The summed E-state index contributed by atoms with van der Waals surface area (Å²) in [7, 11) is 0. The second kappa shape index (κ2) is 6.95. The molecule has 0 unspecified atom stereocenters. The van der Waals surface area contributed by atoms with Gasteiger partial charge in [0, 0.05) is 13.1 Å². The summed E-state index contributed by atoms with van der Waals surface area (Å²) in [5, 5.41) is 3.91. The molecule has 0 spiro atoms. The Hall–Kier alpha value is -2.15. The Morgan fingerprint density at radius 1 is 1.39 bits per heavy atom. The van der Waals surface area contributed by atoms with Crippen LogP contribution in [0.2, 0.25) is 0 Å². The number of nitrogens with zero attached hydrogens (tertiary/aromatic N) is 3. The van der Waals surface area contributed by atoms with Gasteiger partial charge in [0.05, 0.1) is 12.0 Å². The van der Waals surface area contributed by atoms with Gasteiger partial charge < -0.3 is 19.4 Å². The zero-order valence-corrected chi connectivity index (χ0v) is 13.6. The lowest BCUT2D eigenvalue weighted by molar-refractivity contribution is 0.0526. The van der Waals surface area contributed by atoms with Gasteiger partial charge in [-0.2, -0.15) is 0 Å². The van der Waals surface area contributed by atoms with Crippen LogP contribution in [-0.4, -0.2) is 53.6 Å². The number of nitrogens with one attached hydrogen (secondary N) is 1. The molecule has 124 valence electrons. The Bertz CT molecular complexity index is 692. The molecule has 1 aliphatic heterocycles. The highest BCUT2D eigenvalue weighted by molar-refractivity contribution is 6.07. The largest absolute Gasteiger partial charge is 0.462 e. The molecule has 2 aromatic rings. The number of aryl methyl sites for hydroxylation is 1. The van der Waals surface area contributed by atoms with Crippen LogP contribution in [0, 0.1) is 6.92 Å². The van der Waals surface area contributed by atoms with Gasteiger partial charge in [-0.25, -0.2) is 14.8 Å². The zero-order valence-electron chi connectivity index (χ0n) is 13.6. The van der Waals surface area contributed by atoms with Crippen molar-refractivity contribution in [2.45, 2.75) is 26.7 Å². The summed E-state index contributed by atoms with van der Waals surface area (Å²) in [5.41, 5.74) is 0.815. The van der Waals surface area contributed by atoms with Crippen molar-refractivity contribution < 1.29 is 13.9 Å². The van der Waals surface area contributed by atoms with Crippen LogP contribution in [0.4, 0.5) is 5.82 Å². The Balaban J connectivity index is 1.82. The van der Waals surface area contributed by atoms with Gasteiger partial charge >= 0.3 is 5.97 Å². The molecular weight excluding hydrogens is 296 g/mol. The summed E-state index contributed by atoms with van der Waals surface area (Å²) in [6, 6.07) is 0. The first-order valence-corrected chi connectivity index (χ1v) is 8.08. The van der Waals surface area contributed by atoms with Crippen LogP contribution in [0.3, 0.4) is 0 Å². The maximum absolute atomic E-state index is 12.2. The average Bonchev–Trinajstić information content (AvgIpc) is 3.14. The van der Waals surface area contributed by atoms with E-state index in [2.05, 4.69) is 20.2 Å². The molecule has 23 heavy (non-hydrogen) atoms. The first-order chi connectivity index (χ1) is 11.2. The molecule has 1 N–H and O–H groups in total. The van der Waals surface area contributed by atoms with Crippen LogP contribution in [0.1, 0.15) is 35.9 Å².